The second kappa shape index (κ2) is 7.44. The summed E-state index contributed by atoms with van der Waals surface area (Å²) in [4.78, 5) is 38.8. The molecular formula is C26H22N4O5. The second-order valence-corrected chi connectivity index (χ2v) is 9.44. The molecule has 9 heteroatoms. The predicted octanol–water partition coefficient (Wildman–Crippen LogP) is 0.0398. The summed E-state index contributed by atoms with van der Waals surface area (Å²) < 4.78 is 3.64. The molecule has 2 aromatic carbocycles. The van der Waals surface area contributed by atoms with Gasteiger partial charge in [0.25, 0.3) is 6.33 Å². The third kappa shape index (κ3) is 3.08. The lowest BCUT2D eigenvalue weighted by Gasteiger charge is -2.45. The first-order valence-corrected chi connectivity index (χ1v) is 11.4. The number of aliphatic hydroxyl groups is 1. The third-order valence-electron chi connectivity index (χ3n) is 7.20. The Bertz CT molecular complexity index is 1480. The summed E-state index contributed by atoms with van der Waals surface area (Å²) in [6, 6.07) is 10.5. The third-order valence-corrected chi connectivity index (χ3v) is 7.20. The standard InChI is InChI=1S/C26H22N4O5/c1-13(31)22-21-9-18(23(26(34)35)30(21)25(22)33)15-4-6-17-20(8-15)19-7-14(3-5-16(19)24(17)32)10-29-12-28(2)11-27-29/h3-8,11-13,21-22,31H,9-10H2,1-2H3/t13-,21-,22-/m1/s1. The van der Waals surface area contributed by atoms with Gasteiger partial charge < -0.3 is 19.9 Å². The van der Waals surface area contributed by atoms with Crippen LogP contribution in [-0.4, -0.2) is 49.6 Å². The molecule has 0 radical (unpaired) electrons. The molecule has 3 aliphatic rings. The Morgan fingerprint density at radius 1 is 1.17 bits per heavy atom. The van der Waals surface area contributed by atoms with Gasteiger partial charge in [-0.15, -0.1) is 4.68 Å². The van der Waals surface area contributed by atoms with Crippen molar-refractivity contribution >= 4 is 23.2 Å². The summed E-state index contributed by atoms with van der Waals surface area (Å²) in [5.74, 6) is -2.54. The minimum atomic E-state index is -1.42. The fourth-order valence-corrected chi connectivity index (χ4v) is 5.61. The number of aromatic nitrogens is 3. The summed E-state index contributed by atoms with van der Waals surface area (Å²) in [5, 5.41) is 26.3. The van der Waals surface area contributed by atoms with Gasteiger partial charge in [-0.3, -0.25) is 9.59 Å². The highest BCUT2D eigenvalue weighted by Gasteiger charge is 2.55. The van der Waals surface area contributed by atoms with Crippen LogP contribution < -0.4 is 9.67 Å². The zero-order valence-electron chi connectivity index (χ0n) is 19.1. The highest BCUT2D eigenvalue weighted by atomic mass is 16.4. The van der Waals surface area contributed by atoms with Crippen molar-refractivity contribution in [1.29, 1.82) is 0 Å². The van der Waals surface area contributed by atoms with Crippen LogP contribution >= 0.6 is 0 Å². The molecule has 176 valence electrons. The van der Waals surface area contributed by atoms with E-state index < -0.39 is 29.9 Å². The molecule has 6 rings (SSSR count). The van der Waals surface area contributed by atoms with Crippen LogP contribution in [0.2, 0.25) is 0 Å². The average molecular weight is 470 g/mol. The lowest BCUT2D eigenvalue weighted by molar-refractivity contribution is -0.672. The number of benzene rings is 2. The van der Waals surface area contributed by atoms with Crippen LogP contribution in [0.4, 0.5) is 0 Å². The normalized spacial score (nSPS) is 21.1. The van der Waals surface area contributed by atoms with Gasteiger partial charge in [-0.25, -0.2) is 4.57 Å². The van der Waals surface area contributed by atoms with Gasteiger partial charge in [-0.1, -0.05) is 18.2 Å². The topological polar surface area (TPSA) is 119 Å². The largest absolute Gasteiger partial charge is 0.543 e. The summed E-state index contributed by atoms with van der Waals surface area (Å²) in [7, 11) is 1.89. The summed E-state index contributed by atoms with van der Waals surface area (Å²) >= 11 is 0. The smallest absolute Gasteiger partial charge is 0.264 e. The number of hydrogen-bond donors (Lipinski definition) is 1. The molecule has 0 bridgehead atoms. The number of ketones is 1. The van der Waals surface area contributed by atoms with E-state index in [2.05, 4.69) is 5.10 Å². The van der Waals surface area contributed by atoms with Crippen molar-refractivity contribution in [2.24, 2.45) is 13.0 Å². The fraction of sp³-hybridized carbons (Fsp3) is 0.269. The van der Waals surface area contributed by atoms with Gasteiger partial charge in [-0.2, -0.15) is 0 Å². The van der Waals surface area contributed by atoms with Crippen molar-refractivity contribution < 1.29 is 29.2 Å². The quantitative estimate of drug-likeness (QED) is 0.325. The van der Waals surface area contributed by atoms with E-state index in [-0.39, 0.29) is 11.5 Å². The number of hydrogen-bond acceptors (Lipinski definition) is 6. The van der Waals surface area contributed by atoms with Crippen LogP contribution in [0.25, 0.3) is 16.7 Å². The van der Waals surface area contributed by atoms with Crippen LogP contribution in [0.1, 0.15) is 40.4 Å². The van der Waals surface area contributed by atoms with Gasteiger partial charge in [-0.05, 0) is 59.4 Å². The van der Waals surface area contributed by atoms with E-state index in [4.69, 9.17) is 0 Å². The van der Waals surface area contributed by atoms with E-state index in [0.717, 1.165) is 16.7 Å². The summed E-state index contributed by atoms with van der Waals surface area (Å²) in [6.07, 6.45) is 3.01. The van der Waals surface area contributed by atoms with Crippen molar-refractivity contribution in [3.05, 3.63) is 77.0 Å². The van der Waals surface area contributed by atoms with Crippen molar-refractivity contribution in [2.75, 3.05) is 0 Å². The molecule has 3 aromatic rings. The molecule has 1 amide bonds. The number of nitrogens with zero attached hydrogens (tertiary/aromatic N) is 4. The number of aryl methyl sites for hydroxylation is 1. The predicted molar refractivity (Wildman–Crippen MR) is 120 cm³/mol. The van der Waals surface area contributed by atoms with Gasteiger partial charge in [0.1, 0.15) is 6.54 Å². The Morgan fingerprint density at radius 2 is 1.89 bits per heavy atom. The highest BCUT2D eigenvalue weighted by Crippen LogP contribution is 2.48. The molecule has 0 saturated carbocycles. The van der Waals surface area contributed by atoms with E-state index in [1.54, 1.807) is 23.1 Å². The maximum atomic E-state index is 13.0. The van der Waals surface area contributed by atoms with E-state index in [1.165, 1.54) is 11.8 Å². The zero-order valence-corrected chi connectivity index (χ0v) is 19.1. The average Bonchev–Trinajstić information content (AvgIpc) is 3.46. The van der Waals surface area contributed by atoms with Crippen LogP contribution in [-0.2, 0) is 23.2 Å². The summed E-state index contributed by atoms with van der Waals surface area (Å²) in [6.45, 7) is 2.08. The Morgan fingerprint density at radius 3 is 2.54 bits per heavy atom. The molecule has 2 aliphatic heterocycles. The monoisotopic (exact) mass is 470 g/mol. The Balaban J connectivity index is 1.41. The number of aliphatic carboxylic acids is 1. The molecule has 3 atom stereocenters. The molecule has 0 unspecified atom stereocenters. The van der Waals surface area contributed by atoms with Crippen LogP contribution in [0.3, 0.4) is 0 Å². The SMILES string of the molecule is C[C@@H](O)[C@H]1C(=O)N2C(C(=O)[O-])=C(c3ccc4c(c3)-c3cc(Cn5c[n+](C)cn5)ccc3C4=O)C[C@H]12. The number of carboxylic acids is 1. The molecule has 3 heterocycles. The van der Waals surface area contributed by atoms with Crippen molar-refractivity contribution in [2.45, 2.75) is 32.0 Å². The molecule has 1 aliphatic carbocycles. The zero-order chi connectivity index (χ0) is 24.6. The lowest BCUT2D eigenvalue weighted by atomic mass is 9.82. The number of carbonyl (C=O) groups excluding carboxylic acids is 3. The molecule has 35 heavy (non-hydrogen) atoms. The van der Waals surface area contributed by atoms with E-state index in [1.807, 2.05) is 42.2 Å². The van der Waals surface area contributed by atoms with Gasteiger partial charge >= 0.3 is 0 Å². The lowest BCUT2D eigenvalue weighted by Crippen LogP contribution is -2.62. The van der Waals surface area contributed by atoms with Gasteiger partial charge in [0.05, 0.1) is 36.8 Å². The fourth-order valence-electron chi connectivity index (χ4n) is 5.61. The Kier molecular flexibility index (Phi) is 4.56. The first-order chi connectivity index (χ1) is 16.7. The molecule has 1 saturated heterocycles. The second-order valence-electron chi connectivity index (χ2n) is 9.44. The van der Waals surface area contributed by atoms with Gasteiger partial charge in [0.2, 0.25) is 12.2 Å². The molecule has 1 fully saturated rings. The number of rotatable bonds is 5. The van der Waals surface area contributed by atoms with E-state index in [9.17, 15) is 24.6 Å². The minimum Gasteiger partial charge on any atom is -0.543 e. The first-order valence-electron chi connectivity index (χ1n) is 11.4. The highest BCUT2D eigenvalue weighted by molar-refractivity contribution is 6.22. The maximum absolute atomic E-state index is 13.0. The van der Waals surface area contributed by atoms with Crippen LogP contribution in [0.15, 0.2) is 54.7 Å². The number of carboxylic acid groups (broad SMARTS) is 1. The first kappa shape index (κ1) is 21.4. The minimum absolute atomic E-state index is 0.0766. The number of carbonyl (C=O) groups is 3. The van der Waals surface area contributed by atoms with Gasteiger partial charge in [0, 0.05) is 16.2 Å². The van der Waals surface area contributed by atoms with Gasteiger partial charge in [0.15, 0.2) is 5.78 Å². The van der Waals surface area contributed by atoms with Crippen molar-refractivity contribution in [3.8, 4) is 11.1 Å². The summed E-state index contributed by atoms with van der Waals surface area (Å²) in [5.41, 5.74) is 4.60. The van der Waals surface area contributed by atoms with Crippen LogP contribution in [0, 0.1) is 5.92 Å². The van der Waals surface area contributed by atoms with Crippen molar-refractivity contribution in [1.82, 2.24) is 14.7 Å². The Hall–Kier alpha value is -4.11. The van der Waals surface area contributed by atoms with Crippen molar-refractivity contribution in [3.63, 3.8) is 0 Å². The molecule has 1 aromatic heterocycles. The molecule has 0 spiro atoms. The molecule has 1 N–H and O–H groups in total. The maximum Gasteiger partial charge on any atom is 0.264 e. The number of β-lactam (4-membered cyclic amide) rings is 1. The number of amides is 1. The van der Waals surface area contributed by atoms with E-state index in [0.29, 0.717) is 35.2 Å². The molecular weight excluding hydrogens is 448 g/mol. The number of fused-ring (bicyclic) bond motifs is 4. The Labute approximate surface area is 200 Å². The number of aliphatic hydroxyl groups excluding tert-OH is 1. The van der Waals surface area contributed by atoms with E-state index >= 15 is 0 Å². The van der Waals surface area contributed by atoms with Crippen LogP contribution in [0.5, 0.6) is 0 Å². The molecule has 9 nitrogen and oxygen atoms in total.